The number of para-hydroxylation sites is 2. The van der Waals surface area contributed by atoms with Gasteiger partial charge < -0.3 is 10.2 Å². The molecular formula is C16H20N4O3. The van der Waals surface area contributed by atoms with Crippen molar-refractivity contribution in [2.24, 2.45) is 7.05 Å². The monoisotopic (exact) mass is 316 g/mol. The number of nitrogens with one attached hydrogen (secondary N) is 1. The fourth-order valence-electron chi connectivity index (χ4n) is 2.97. The number of amides is 2. The molecule has 7 heteroatoms. The third kappa shape index (κ3) is 2.99. The van der Waals surface area contributed by atoms with Crippen molar-refractivity contribution in [1.29, 1.82) is 0 Å². The smallest absolute Gasteiger partial charge is 0.329 e. The molecule has 0 saturated carbocycles. The number of imidazole rings is 1. The topological polar surface area (TPSA) is 76.3 Å². The van der Waals surface area contributed by atoms with E-state index in [1.807, 2.05) is 18.2 Å². The first-order chi connectivity index (χ1) is 11.1. The highest BCUT2D eigenvalue weighted by Gasteiger charge is 2.19. The number of benzene rings is 1. The van der Waals surface area contributed by atoms with E-state index in [4.69, 9.17) is 0 Å². The number of nitrogens with zero attached hydrogens (tertiary/aromatic N) is 3. The Kier molecular flexibility index (Phi) is 4.18. The lowest BCUT2D eigenvalue weighted by molar-refractivity contribution is -0.132. The van der Waals surface area contributed by atoms with Crippen molar-refractivity contribution in [2.45, 2.75) is 19.4 Å². The molecule has 0 bridgehead atoms. The maximum absolute atomic E-state index is 12.2. The number of hydrogen-bond acceptors (Lipinski definition) is 3. The Balaban J connectivity index is 1.67. The van der Waals surface area contributed by atoms with E-state index in [2.05, 4.69) is 5.32 Å². The summed E-state index contributed by atoms with van der Waals surface area (Å²) < 4.78 is 2.93. The predicted octanol–water partition coefficient (Wildman–Crippen LogP) is 0.0786. The summed E-state index contributed by atoms with van der Waals surface area (Å²) in [4.78, 5) is 38.0. The molecule has 122 valence electrons. The van der Waals surface area contributed by atoms with Crippen LogP contribution in [0.3, 0.4) is 0 Å². The van der Waals surface area contributed by atoms with Gasteiger partial charge in [0, 0.05) is 20.1 Å². The van der Waals surface area contributed by atoms with Gasteiger partial charge in [0.1, 0.15) is 6.54 Å². The molecule has 1 saturated heterocycles. The summed E-state index contributed by atoms with van der Waals surface area (Å²) in [5.41, 5.74) is 1.24. The SMILES string of the molecule is Cn1c(=O)n(CC(=O)NCC(=O)N2CCCC2)c2ccccc21. The Bertz CT molecular complexity index is 799. The average Bonchev–Trinajstić information content (AvgIpc) is 3.17. The summed E-state index contributed by atoms with van der Waals surface area (Å²) in [5.74, 6) is -0.405. The molecule has 1 aromatic carbocycles. The molecular weight excluding hydrogens is 296 g/mol. The third-order valence-corrected chi connectivity index (χ3v) is 4.25. The van der Waals surface area contributed by atoms with Crippen molar-refractivity contribution in [1.82, 2.24) is 19.4 Å². The first kappa shape index (κ1) is 15.3. The molecule has 7 nitrogen and oxygen atoms in total. The molecule has 1 fully saturated rings. The second-order valence-corrected chi connectivity index (χ2v) is 5.78. The summed E-state index contributed by atoms with van der Waals surface area (Å²) in [6.07, 6.45) is 2.04. The number of fused-ring (bicyclic) bond motifs is 1. The molecule has 2 amide bonds. The molecule has 0 aliphatic carbocycles. The number of carbonyl (C=O) groups excluding carboxylic acids is 2. The van der Waals surface area contributed by atoms with Crippen molar-refractivity contribution in [3.05, 3.63) is 34.7 Å². The zero-order chi connectivity index (χ0) is 16.4. The van der Waals surface area contributed by atoms with Gasteiger partial charge in [-0.15, -0.1) is 0 Å². The maximum atomic E-state index is 12.2. The molecule has 2 heterocycles. The van der Waals surface area contributed by atoms with Gasteiger partial charge >= 0.3 is 5.69 Å². The van der Waals surface area contributed by atoms with Crippen LogP contribution in [0, 0.1) is 0 Å². The zero-order valence-electron chi connectivity index (χ0n) is 13.1. The van der Waals surface area contributed by atoms with Gasteiger partial charge in [-0.1, -0.05) is 12.1 Å². The van der Waals surface area contributed by atoms with E-state index < -0.39 is 0 Å². The van der Waals surface area contributed by atoms with Crippen molar-refractivity contribution >= 4 is 22.8 Å². The standard InChI is InChI=1S/C16H20N4O3/c1-18-12-6-2-3-7-13(12)20(16(18)23)11-14(21)17-10-15(22)19-8-4-5-9-19/h2-3,6-7H,4-5,8-11H2,1H3,(H,17,21). The second-order valence-electron chi connectivity index (χ2n) is 5.78. The fourth-order valence-corrected chi connectivity index (χ4v) is 2.97. The van der Waals surface area contributed by atoms with Crippen LogP contribution in [0.15, 0.2) is 29.1 Å². The second kappa shape index (κ2) is 6.28. The van der Waals surface area contributed by atoms with Gasteiger partial charge in [-0.05, 0) is 25.0 Å². The fraction of sp³-hybridized carbons (Fsp3) is 0.438. The van der Waals surface area contributed by atoms with Gasteiger partial charge in [-0.3, -0.25) is 18.7 Å². The van der Waals surface area contributed by atoms with E-state index in [0.29, 0.717) is 5.52 Å². The van der Waals surface area contributed by atoms with E-state index in [1.165, 1.54) is 9.13 Å². The molecule has 0 unspecified atom stereocenters. The van der Waals surface area contributed by atoms with Crippen LogP contribution in [0.1, 0.15) is 12.8 Å². The highest BCUT2D eigenvalue weighted by molar-refractivity contribution is 5.86. The maximum Gasteiger partial charge on any atom is 0.329 e. The minimum absolute atomic E-state index is 0.0155. The van der Waals surface area contributed by atoms with Gasteiger partial charge in [0.15, 0.2) is 0 Å². The predicted molar refractivity (Wildman–Crippen MR) is 86.0 cm³/mol. The number of aromatic nitrogens is 2. The average molecular weight is 316 g/mol. The minimum Gasteiger partial charge on any atom is -0.345 e. The summed E-state index contributed by atoms with van der Waals surface area (Å²) in [6, 6.07) is 7.31. The Morgan fingerprint density at radius 3 is 2.48 bits per heavy atom. The van der Waals surface area contributed by atoms with Crippen LogP contribution in [0.5, 0.6) is 0 Å². The van der Waals surface area contributed by atoms with E-state index >= 15 is 0 Å². The van der Waals surface area contributed by atoms with Crippen molar-refractivity contribution in [2.75, 3.05) is 19.6 Å². The van der Waals surface area contributed by atoms with Crippen molar-refractivity contribution in [3.63, 3.8) is 0 Å². The molecule has 23 heavy (non-hydrogen) atoms. The largest absolute Gasteiger partial charge is 0.345 e. The van der Waals surface area contributed by atoms with Crippen LogP contribution in [0.4, 0.5) is 0 Å². The first-order valence-electron chi connectivity index (χ1n) is 7.76. The van der Waals surface area contributed by atoms with Gasteiger partial charge in [-0.25, -0.2) is 4.79 Å². The highest BCUT2D eigenvalue weighted by atomic mass is 16.2. The molecule has 3 rings (SSSR count). The van der Waals surface area contributed by atoms with E-state index in [0.717, 1.165) is 31.4 Å². The van der Waals surface area contributed by atoms with Crippen LogP contribution >= 0.6 is 0 Å². The Morgan fingerprint density at radius 2 is 1.78 bits per heavy atom. The summed E-state index contributed by atoms with van der Waals surface area (Å²) in [6.45, 7) is 1.42. The van der Waals surface area contributed by atoms with Crippen LogP contribution < -0.4 is 11.0 Å². The molecule has 0 atom stereocenters. The van der Waals surface area contributed by atoms with Gasteiger partial charge in [0.2, 0.25) is 11.8 Å². The van der Waals surface area contributed by atoms with Crippen LogP contribution in [0.2, 0.25) is 0 Å². The summed E-state index contributed by atoms with van der Waals surface area (Å²) >= 11 is 0. The molecule has 1 aromatic heterocycles. The zero-order valence-corrected chi connectivity index (χ0v) is 13.1. The Hall–Kier alpha value is -2.57. The van der Waals surface area contributed by atoms with E-state index in [9.17, 15) is 14.4 Å². The molecule has 1 N–H and O–H groups in total. The van der Waals surface area contributed by atoms with E-state index in [1.54, 1.807) is 18.0 Å². The van der Waals surface area contributed by atoms with Crippen LogP contribution in [-0.2, 0) is 23.2 Å². The third-order valence-electron chi connectivity index (χ3n) is 4.25. The van der Waals surface area contributed by atoms with E-state index in [-0.39, 0.29) is 30.6 Å². The summed E-state index contributed by atoms with van der Waals surface area (Å²) in [5, 5.41) is 2.61. The van der Waals surface area contributed by atoms with Gasteiger partial charge in [0.05, 0.1) is 17.6 Å². The number of hydrogen-bond donors (Lipinski definition) is 1. The molecule has 2 aromatic rings. The van der Waals surface area contributed by atoms with Gasteiger partial charge in [0.25, 0.3) is 0 Å². The number of likely N-dealkylation sites (tertiary alicyclic amines) is 1. The lowest BCUT2D eigenvalue weighted by atomic mass is 10.3. The summed E-state index contributed by atoms with van der Waals surface area (Å²) in [7, 11) is 1.68. The Morgan fingerprint density at radius 1 is 1.13 bits per heavy atom. The van der Waals surface area contributed by atoms with Gasteiger partial charge in [-0.2, -0.15) is 0 Å². The van der Waals surface area contributed by atoms with Crippen molar-refractivity contribution in [3.8, 4) is 0 Å². The highest BCUT2D eigenvalue weighted by Crippen LogP contribution is 2.11. The molecule has 1 aliphatic heterocycles. The Labute approximate surface area is 133 Å². The lowest BCUT2D eigenvalue weighted by Crippen LogP contribution is -2.40. The van der Waals surface area contributed by atoms with Crippen LogP contribution in [-0.4, -0.2) is 45.5 Å². The minimum atomic E-state index is -0.337. The molecule has 1 aliphatic rings. The first-order valence-corrected chi connectivity index (χ1v) is 7.76. The number of carbonyl (C=O) groups is 2. The lowest BCUT2D eigenvalue weighted by Gasteiger charge is -2.15. The molecule has 0 radical (unpaired) electrons. The number of rotatable bonds is 4. The molecule has 0 spiro atoms. The van der Waals surface area contributed by atoms with Crippen molar-refractivity contribution < 1.29 is 9.59 Å². The number of aryl methyl sites for hydroxylation is 1. The normalized spacial score (nSPS) is 14.4. The van der Waals surface area contributed by atoms with Crippen LogP contribution in [0.25, 0.3) is 11.0 Å². The quantitative estimate of drug-likeness (QED) is 0.868.